The van der Waals surface area contributed by atoms with Gasteiger partial charge in [0.2, 0.25) is 0 Å². The lowest BCUT2D eigenvalue weighted by Gasteiger charge is -2.36. The zero-order valence-corrected chi connectivity index (χ0v) is 15.6. The van der Waals surface area contributed by atoms with Gasteiger partial charge in [-0.25, -0.2) is 0 Å². The minimum atomic E-state index is -1.28. The molecule has 3 aromatic rings. The topological polar surface area (TPSA) is 68.4 Å². The second kappa shape index (κ2) is 6.43. The molecule has 1 aromatic heterocycles. The molecule has 0 amide bonds. The minimum Gasteiger partial charge on any atom is -0.422 e. The number of halogens is 1. The highest BCUT2D eigenvalue weighted by Crippen LogP contribution is 2.42. The molecule has 138 valence electrons. The zero-order chi connectivity index (χ0) is 19.2. The average Bonchev–Trinajstić information content (AvgIpc) is 3.02. The van der Waals surface area contributed by atoms with Crippen LogP contribution in [-0.2, 0) is 19.1 Å². The average molecular weight is 384 g/mol. The lowest BCUT2D eigenvalue weighted by atomic mass is 9.80. The molecule has 4 rings (SSSR count). The van der Waals surface area contributed by atoms with Gasteiger partial charge in [-0.3, -0.25) is 9.59 Å². The summed E-state index contributed by atoms with van der Waals surface area (Å²) in [6.07, 6.45) is 1.80. The Morgan fingerprint density at radius 3 is 2.30 bits per heavy atom. The van der Waals surface area contributed by atoms with Crippen LogP contribution in [0.15, 0.2) is 54.7 Å². The number of cyclic esters (lactones) is 2. The maximum absolute atomic E-state index is 12.8. The first-order chi connectivity index (χ1) is 12.9. The van der Waals surface area contributed by atoms with Crippen molar-refractivity contribution < 1.29 is 19.1 Å². The van der Waals surface area contributed by atoms with E-state index in [0.717, 1.165) is 16.5 Å². The fourth-order valence-corrected chi connectivity index (χ4v) is 3.86. The maximum atomic E-state index is 12.8. The number of para-hydroxylation sites is 1. The van der Waals surface area contributed by atoms with Gasteiger partial charge < -0.3 is 14.5 Å². The number of H-pyrrole nitrogens is 1. The fraction of sp³-hybridized carbons (Fsp3) is 0.238. The summed E-state index contributed by atoms with van der Waals surface area (Å²) in [7, 11) is 0. The number of aromatic amines is 1. The number of nitrogens with one attached hydrogen (secondary N) is 1. The number of rotatable bonds is 3. The molecule has 1 aliphatic rings. The molecule has 27 heavy (non-hydrogen) atoms. The third-order valence-corrected chi connectivity index (χ3v) is 5.07. The van der Waals surface area contributed by atoms with Crippen LogP contribution in [0.2, 0.25) is 5.02 Å². The number of esters is 2. The fourth-order valence-electron chi connectivity index (χ4n) is 3.61. The first-order valence-electron chi connectivity index (χ1n) is 8.63. The first kappa shape index (κ1) is 17.6. The van der Waals surface area contributed by atoms with Crippen LogP contribution in [0.5, 0.6) is 0 Å². The zero-order valence-electron chi connectivity index (χ0n) is 14.9. The van der Waals surface area contributed by atoms with Crippen LogP contribution in [0, 0.1) is 5.92 Å². The number of benzene rings is 2. The molecule has 1 saturated heterocycles. The minimum absolute atomic E-state index is 0.471. The molecule has 0 radical (unpaired) electrons. The summed E-state index contributed by atoms with van der Waals surface area (Å²) in [5, 5.41) is 1.38. The Balaban J connectivity index is 1.91. The summed E-state index contributed by atoms with van der Waals surface area (Å²) in [4.78, 5) is 28.8. The predicted molar refractivity (Wildman–Crippen MR) is 101 cm³/mol. The lowest BCUT2D eigenvalue weighted by Crippen LogP contribution is -2.48. The van der Waals surface area contributed by atoms with Crippen molar-refractivity contribution in [3.63, 3.8) is 0 Å². The van der Waals surface area contributed by atoms with Crippen molar-refractivity contribution in [3.8, 4) is 0 Å². The van der Waals surface area contributed by atoms with Gasteiger partial charge in [0.1, 0.15) is 0 Å². The van der Waals surface area contributed by atoms with Crippen molar-refractivity contribution in [2.24, 2.45) is 5.92 Å². The Kier molecular flexibility index (Phi) is 4.19. The van der Waals surface area contributed by atoms with Crippen molar-refractivity contribution in [1.29, 1.82) is 0 Å². The smallest absolute Gasteiger partial charge is 0.324 e. The number of hydrogen-bond acceptors (Lipinski definition) is 4. The van der Waals surface area contributed by atoms with E-state index in [1.807, 2.05) is 36.4 Å². The molecule has 2 aromatic carbocycles. The molecule has 0 saturated carbocycles. The Bertz CT molecular complexity index is 1020. The van der Waals surface area contributed by atoms with Gasteiger partial charge in [-0.05, 0) is 23.3 Å². The summed E-state index contributed by atoms with van der Waals surface area (Å²) < 4.78 is 10.7. The highest BCUT2D eigenvalue weighted by molar-refractivity contribution is 6.31. The van der Waals surface area contributed by atoms with Crippen LogP contribution in [0.4, 0.5) is 0 Å². The Labute approximate surface area is 161 Å². The number of carbonyl (C=O) groups excluding carboxylic acids is 2. The summed E-state index contributed by atoms with van der Waals surface area (Å²) in [6, 6.07) is 14.9. The van der Waals surface area contributed by atoms with Crippen LogP contribution in [0.1, 0.15) is 30.9 Å². The van der Waals surface area contributed by atoms with Gasteiger partial charge in [0.25, 0.3) is 5.79 Å². The van der Waals surface area contributed by atoms with Crippen LogP contribution < -0.4 is 0 Å². The highest BCUT2D eigenvalue weighted by atomic mass is 35.5. The quantitative estimate of drug-likeness (QED) is 0.537. The van der Waals surface area contributed by atoms with E-state index in [1.165, 1.54) is 13.8 Å². The molecule has 1 fully saturated rings. The molecule has 1 aliphatic heterocycles. The van der Waals surface area contributed by atoms with Crippen molar-refractivity contribution in [2.45, 2.75) is 25.6 Å². The summed E-state index contributed by atoms with van der Waals surface area (Å²) in [5.74, 6) is -4.29. The number of carbonyl (C=O) groups is 2. The van der Waals surface area contributed by atoms with E-state index in [4.69, 9.17) is 21.1 Å². The molecule has 1 N–H and O–H groups in total. The first-order valence-corrected chi connectivity index (χ1v) is 9.01. The van der Waals surface area contributed by atoms with Crippen LogP contribution in [0.3, 0.4) is 0 Å². The molecule has 0 bridgehead atoms. The molecule has 6 heteroatoms. The van der Waals surface area contributed by atoms with Gasteiger partial charge in [0.05, 0.1) is 0 Å². The molecular weight excluding hydrogens is 366 g/mol. The van der Waals surface area contributed by atoms with Crippen molar-refractivity contribution in [2.75, 3.05) is 0 Å². The Morgan fingerprint density at radius 1 is 0.963 bits per heavy atom. The molecule has 0 aliphatic carbocycles. The van der Waals surface area contributed by atoms with Crippen molar-refractivity contribution >= 4 is 34.4 Å². The summed E-state index contributed by atoms with van der Waals surface area (Å²) in [5.41, 5.74) is 2.36. The second-order valence-electron chi connectivity index (χ2n) is 7.01. The summed E-state index contributed by atoms with van der Waals surface area (Å²) in [6.45, 7) is 3.07. The van der Waals surface area contributed by atoms with E-state index in [9.17, 15) is 9.59 Å². The largest absolute Gasteiger partial charge is 0.422 e. The van der Waals surface area contributed by atoms with Crippen LogP contribution in [0.25, 0.3) is 10.9 Å². The lowest BCUT2D eigenvalue weighted by molar-refractivity contribution is -0.240. The number of ether oxygens (including phenoxy) is 2. The monoisotopic (exact) mass is 383 g/mol. The molecule has 2 heterocycles. The van der Waals surface area contributed by atoms with Gasteiger partial charge in [-0.15, -0.1) is 0 Å². The van der Waals surface area contributed by atoms with Gasteiger partial charge in [-0.2, -0.15) is 0 Å². The molecule has 0 spiro atoms. The van der Waals surface area contributed by atoms with Crippen molar-refractivity contribution in [3.05, 3.63) is 70.9 Å². The van der Waals surface area contributed by atoms with Crippen molar-refractivity contribution in [1.82, 2.24) is 4.98 Å². The van der Waals surface area contributed by atoms with E-state index in [0.29, 0.717) is 10.6 Å². The van der Waals surface area contributed by atoms with Crippen LogP contribution >= 0.6 is 11.6 Å². The Hall–Kier alpha value is -2.79. The van der Waals surface area contributed by atoms with Gasteiger partial charge >= 0.3 is 11.9 Å². The second-order valence-corrected chi connectivity index (χ2v) is 7.42. The normalized spacial score (nSPS) is 18.2. The number of hydrogen-bond donors (Lipinski definition) is 1. The third-order valence-electron chi connectivity index (χ3n) is 4.73. The van der Waals surface area contributed by atoms with E-state index in [-0.39, 0.29) is 0 Å². The van der Waals surface area contributed by atoms with Gasteiger partial charge in [0.15, 0.2) is 5.92 Å². The number of fused-ring (bicyclic) bond motifs is 1. The third kappa shape index (κ3) is 3.08. The highest BCUT2D eigenvalue weighted by Gasteiger charge is 2.49. The van der Waals surface area contributed by atoms with E-state index in [1.54, 1.807) is 18.3 Å². The number of aromatic nitrogens is 1. The van der Waals surface area contributed by atoms with E-state index < -0.39 is 29.6 Å². The molecule has 1 unspecified atom stereocenters. The van der Waals surface area contributed by atoms with E-state index >= 15 is 0 Å². The van der Waals surface area contributed by atoms with Gasteiger partial charge in [-0.1, -0.05) is 48.0 Å². The van der Waals surface area contributed by atoms with E-state index in [2.05, 4.69) is 4.98 Å². The van der Waals surface area contributed by atoms with Crippen LogP contribution in [-0.4, -0.2) is 22.7 Å². The SMILES string of the molecule is CC1(C)OC(=O)C(C(c2ccccc2Cl)c2c[nH]c3ccccc23)C(=O)O1. The summed E-state index contributed by atoms with van der Waals surface area (Å²) >= 11 is 6.44. The maximum Gasteiger partial charge on any atom is 0.324 e. The predicted octanol–water partition coefficient (Wildman–Crippen LogP) is 4.41. The molecule has 5 nitrogen and oxygen atoms in total. The van der Waals surface area contributed by atoms with Gasteiger partial charge in [0, 0.05) is 41.9 Å². The standard InChI is InChI=1S/C21H18ClNO4/c1-21(2)26-19(24)18(20(25)27-21)17(13-8-3-5-9-15(13)22)14-11-23-16-10-6-4-7-12(14)16/h3-11,17-18,23H,1-2H3. The Morgan fingerprint density at radius 2 is 1.59 bits per heavy atom. The molecule has 1 atom stereocenters. The molecular formula is C21H18ClNO4.